The highest BCUT2D eigenvalue weighted by Gasteiger charge is 2.06. The molecule has 122 valence electrons. The van der Waals surface area contributed by atoms with Gasteiger partial charge in [-0.25, -0.2) is 4.79 Å². The van der Waals surface area contributed by atoms with Gasteiger partial charge in [-0.3, -0.25) is 0 Å². The molecule has 0 aliphatic heterocycles. The fourth-order valence-corrected chi connectivity index (χ4v) is 2.03. The molecule has 0 radical (unpaired) electrons. The van der Waals surface area contributed by atoms with E-state index < -0.39 is 12.3 Å². The first-order valence-electron chi connectivity index (χ1n) is 7.30. The molecule has 0 saturated carbocycles. The fourth-order valence-electron chi connectivity index (χ4n) is 2.03. The summed E-state index contributed by atoms with van der Waals surface area (Å²) in [4.78, 5) is 11.2. The van der Waals surface area contributed by atoms with E-state index in [1.165, 1.54) is 0 Å². The number of fused-ring (bicyclic) bond motifs is 1. The van der Waals surface area contributed by atoms with E-state index in [1.807, 2.05) is 24.3 Å². The zero-order valence-electron chi connectivity index (χ0n) is 13.2. The van der Waals surface area contributed by atoms with Crippen LogP contribution in [0.25, 0.3) is 10.8 Å². The lowest BCUT2D eigenvalue weighted by molar-refractivity contribution is -0.139. The molecule has 2 aromatic carbocycles. The molecule has 5 heteroatoms. The molecule has 0 spiro atoms. The number of esters is 1. The summed E-state index contributed by atoms with van der Waals surface area (Å²) in [6.07, 6.45) is -0.875. The molecule has 0 bridgehead atoms. The summed E-state index contributed by atoms with van der Waals surface area (Å²) in [5.41, 5.74) is 0.362. The molecule has 0 amide bonds. The predicted molar refractivity (Wildman–Crippen MR) is 87.5 cm³/mol. The van der Waals surface area contributed by atoms with Crippen LogP contribution in [0.5, 0.6) is 11.5 Å². The molecule has 0 aliphatic carbocycles. The molecule has 23 heavy (non-hydrogen) atoms. The number of carbonyl (C=O) groups is 1. The van der Waals surface area contributed by atoms with Crippen molar-refractivity contribution in [3.63, 3.8) is 0 Å². The highest BCUT2D eigenvalue weighted by molar-refractivity contribution is 5.89. The number of ether oxygens (including phenoxy) is 3. The minimum atomic E-state index is -0.875. The Hall–Kier alpha value is -2.53. The van der Waals surface area contributed by atoms with Gasteiger partial charge in [-0.2, -0.15) is 0 Å². The summed E-state index contributed by atoms with van der Waals surface area (Å²) in [6.45, 7) is 7.08. The van der Waals surface area contributed by atoms with Crippen LogP contribution in [0.3, 0.4) is 0 Å². The average molecular weight is 316 g/mol. The lowest BCUT2D eigenvalue weighted by Crippen LogP contribution is -2.12. The third-order valence-electron chi connectivity index (χ3n) is 3.04. The van der Waals surface area contributed by atoms with Gasteiger partial charge >= 0.3 is 5.97 Å². The second-order valence-electron chi connectivity index (χ2n) is 5.12. The maximum atomic E-state index is 11.2. The van der Waals surface area contributed by atoms with Crippen molar-refractivity contribution in [1.82, 2.24) is 0 Å². The number of aliphatic hydroxyl groups is 1. The third-order valence-corrected chi connectivity index (χ3v) is 3.04. The summed E-state index contributed by atoms with van der Waals surface area (Å²) in [5.74, 6) is 0.851. The van der Waals surface area contributed by atoms with E-state index in [2.05, 4.69) is 6.58 Å². The zero-order valence-corrected chi connectivity index (χ0v) is 13.2. The summed E-state index contributed by atoms with van der Waals surface area (Å²) < 4.78 is 15.9. The van der Waals surface area contributed by atoms with Gasteiger partial charge in [0.2, 0.25) is 0 Å². The predicted octanol–water partition coefficient (Wildman–Crippen LogP) is 3.06. The van der Waals surface area contributed by atoms with Crippen LogP contribution in [0.15, 0.2) is 48.6 Å². The van der Waals surface area contributed by atoms with E-state index >= 15 is 0 Å². The monoisotopic (exact) mass is 316 g/mol. The SMILES string of the molecule is C=C(C)C(=O)OCCOc1ccc2c(OC(C)O)cccc2c1. The van der Waals surface area contributed by atoms with E-state index in [4.69, 9.17) is 14.2 Å². The lowest BCUT2D eigenvalue weighted by Gasteiger charge is -2.12. The first kappa shape index (κ1) is 16.8. The van der Waals surface area contributed by atoms with Gasteiger partial charge in [0.1, 0.15) is 24.7 Å². The Morgan fingerprint density at radius 2 is 2.04 bits per heavy atom. The number of carbonyl (C=O) groups excluding carboxylic acids is 1. The molecule has 1 unspecified atom stereocenters. The van der Waals surface area contributed by atoms with Crippen LogP contribution in [-0.4, -0.2) is 30.6 Å². The van der Waals surface area contributed by atoms with E-state index in [0.717, 1.165) is 10.8 Å². The molecule has 1 atom stereocenters. The van der Waals surface area contributed by atoms with Crippen molar-refractivity contribution in [1.29, 1.82) is 0 Å². The lowest BCUT2D eigenvalue weighted by atomic mass is 10.1. The van der Waals surface area contributed by atoms with Crippen LogP contribution in [0.2, 0.25) is 0 Å². The van der Waals surface area contributed by atoms with Crippen LogP contribution in [0.1, 0.15) is 13.8 Å². The van der Waals surface area contributed by atoms with Gasteiger partial charge in [0, 0.05) is 11.0 Å². The minimum absolute atomic E-state index is 0.162. The molecule has 0 heterocycles. The summed E-state index contributed by atoms with van der Waals surface area (Å²) in [7, 11) is 0. The Kier molecular flexibility index (Phi) is 5.60. The first-order valence-corrected chi connectivity index (χ1v) is 7.30. The second-order valence-corrected chi connectivity index (χ2v) is 5.12. The molecule has 2 rings (SSSR count). The van der Waals surface area contributed by atoms with Crippen molar-refractivity contribution in [2.24, 2.45) is 0 Å². The third kappa shape index (κ3) is 4.72. The van der Waals surface area contributed by atoms with Crippen molar-refractivity contribution in [2.45, 2.75) is 20.1 Å². The second kappa shape index (κ2) is 7.65. The maximum Gasteiger partial charge on any atom is 0.333 e. The van der Waals surface area contributed by atoms with Crippen molar-refractivity contribution in [3.05, 3.63) is 48.6 Å². The molecule has 0 fully saturated rings. The Morgan fingerprint density at radius 1 is 1.26 bits per heavy atom. The Balaban J connectivity index is 2.00. The summed E-state index contributed by atoms with van der Waals surface area (Å²) in [6, 6.07) is 11.1. The van der Waals surface area contributed by atoms with Crippen molar-refractivity contribution < 1.29 is 24.1 Å². The molecule has 5 nitrogen and oxygen atoms in total. The summed E-state index contributed by atoms with van der Waals surface area (Å²) in [5, 5.41) is 11.2. The van der Waals surface area contributed by atoms with Gasteiger partial charge in [0.15, 0.2) is 6.29 Å². The number of hydrogen-bond acceptors (Lipinski definition) is 5. The van der Waals surface area contributed by atoms with E-state index in [0.29, 0.717) is 17.1 Å². The van der Waals surface area contributed by atoms with Crippen molar-refractivity contribution in [3.8, 4) is 11.5 Å². The topological polar surface area (TPSA) is 65.0 Å². The van der Waals surface area contributed by atoms with Crippen LogP contribution in [-0.2, 0) is 9.53 Å². The molecular weight excluding hydrogens is 296 g/mol. The Labute approximate surface area is 135 Å². The van der Waals surface area contributed by atoms with Crippen molar-refractivity contribution in [2.75, 3.05) is 13.2 Å². The van der Waals surface area contributed by atoms with Crippen LogP contribution in [0, 0.1) is 0 Å². The van der Waals surface area contributed by atoms with Gasteiger partial charge in [-0.15, -0.1) is 0 Å². The Bertz CT molecular complexity index is 706. The van der Waals surface area contributed by atoms with Gasteiger partial charge in [-0.1, -0.05) is 18.7 Å². The number of rotatable bonds is 7. The van der Waals surface area contributed by atoms with Gasteiger partial charge in [0.05, 0.1) is 0 Å². The van der Waals surface area contributed by atoms with Crippen LogP contribution < -0.4 is 9.47 Å². The fraction of sp³-hybridized carbons (Fsp3) is 0.278. The molecular formula is C18H20O5. The minimum Gasteiger partial charge on any atom is -0.490 e. The molecule has 0 aliphatic rings. The normalized spacial score (nSPS) is 11.8. The number of aliphatic hydroxyl groups excluding tert-OH is 1. The molecule has 0 aromatic heterocycles. The quantitative estimate of drug-likeness (QED) is 0.368. The summed E-state index contributed by atoms with van der Waals surface area (Å²) >= 11 is 0. The highest BCUT2D eigenvalue weighted by Crippen LogP contribution is 2.29. The van der Waals surface area contributed by atoms with E-state index in [1.54, 1.807) is 26.0 Å². The zero-order chi connectivity index (χ0) is 16.8. The molecule has 2 aromatic rings. The number of benzene rings is 2. The van der Waals surface area contributed by atoms with Crippen molar-refractivity contribution >= 4 is 16.7 Å². The van der Waals surface area contributed by atoms with E-state index in [9.17, 15) is 9.90 Å². The highest BCUT2D eigenvalue weighted by atomic mass is 16.6. The average Bonchev–Trinajstić information content (AvgIpc) is 2.50. The van der Waals surface area contributed by atoms with E-state index in [-0.39, 0.29) is 13.2 Å². The van der Waals surface area contributed by atoms with Gasteiger partial charge < -0.3 is 19.3 Å². The smallest absolute Gasteiger partial charge is 0.333 e. The largest absolute Gasteiger partial charge is 0.490 e. The number of hydrogen-bond donors (Lipinski definition) is 1. The maximum absolute atomic E-state index is 11.2. The van der Waals surface area contributed by atoms with Gasteiger partial charge in [0.25, 0.3) is 0 Å². The van der Waals surface area contributed by atoms with Gasteiger partial charge in [-0.05, 0) is 43.5 Å². The van der Waals surface area contributed by atoms with Crippen LogP contribution in [0.4, 0.5) is 0 Å². The Morgan fingerprint density at radius 3 is 2.74 bits per heavy atom. The van der Waals surface area contributed by atoms with Crippen LogP contribution >= 0.6 is 0 Å². The molecule has 0 saturated heterocycles. The standard InChI is InChI=1S/C18H20O5/c1-12(2)18(20)22-10-9-21-15-7-8-16-14(11-15)5-4-6-17(16)23-13(3)19/h4-8,11,13,19H,1,9-10H2,2-3H3. The first-order chi connectivity index (χ1) is 11.0. The molecule has 1 N–H and O–H groups in total.